The molecule has 2 unspecified atom stereocenters. The van der Waals surface area contributed by atoms with Crippen LogP contribution in [0.3, 0.4) is 0 Å². The molecular weight excluding hydrogens is 350 g/mol. The van der Waals surface area contributed by atoms with Crippen molar-refractivity contribution in [3.63, 3.8) is 0 Å². The van der Waals surface area contributed by atoms with E-state index < -0.39 is 0 Å². The second-order valence-corrected chi connectivity index (χ2v) is 7.73. The number of rotatable bonds is 4. The predicted octanol–water partition coefficient (Wildman–Crippen LogP) is 2.67. The molecule has 138 valence electrons. The van der Waals surface area contributed by atoms with Crippen LogP contribution in [0.4, 0.5) is 0 Å². The number of ether oxygens (including phenoxy) is 1. The van der Waals surface area contributed by atoms with E-state index in [1.54, 1.807) is 25.2 Å². The molecule has 0 saturated heterocycles. The fourth-order valence-electron chi connectivity index (χ4n) is 4.33. The fourth-order valence-corrected chi connectivity index (χ4v) is 4.52. The smallest absolute Gasteiger partial charge is 0.261 e. The highest BCUT2D eigenvalue weighted by Crippen LogP contribution is 2.57. The number of hydrogen-bond acceptors (Lipinski definition) is 4. The third-order valence-electron chi connectivity index (χ3n) is 6.11. The maximum Gasteiger partial charge on any atom is 0.261 e. The Kier molecular flexibility index (Phi) is 4.23. The number of aromatic nitrogens is 2. The van der Waals surface area contributed by atoms with E-state index >= 15 is 0 Å². The highest BCUT2D eigenvalue weighted by atomic mass is 32.1. The van der Waals surface area contributed by atoms with Crippen molar-refractivity contribution in [2.24, 2.45) is 12.5 Å². The minimum atomic E-state index is -0.164. The molecule has 7 heteroatoms. The van der Waals surface area contributed by atoms with Crippen molar-refractivity contribution < 1.29 is 9.53 Å². The lowest BCUT2D eigenvalue weighted by atomic mass is 9.51. The van der Waals surface area contributed by atoms with Gasteiger partial charge >= 0.3 is 0 Å². The van der Waals surface area contributed by atoms with Crippen LogP contribution in [0.2, 0.25) is 0 Å². The number of aromatic amines is 1. The zero-order chi connectivity index (χ0) is 18.5. The second-order valence-electron chi connectivity index (χ2n) is 7.35. The molecule has 26 heavy (non-hydrogen) atoms. The highest BCUT2D eigenvalue weighted by molar-refractivity contribution is 7.71. The van der Waals surface area contributed by atoms with Crippen LogP contribution in [0.5, 0.6) is 0 Å². The van der Waals surface area contributed by atoms with E-state index in [1.165, 1.54) is 11.0 Å². The molecule has 0 aliphatic heterocycles. The molecule has 1 amide bonds. The Balaban J connectivity index is 1.57. The molecule has 1 aromatic carbocycles. The Hall–Kier alpha value is -1.99. The Morgan fingerprint density at radius 1 is 1.46 bits per heavy atom. The number of carbonyl (C=O) groups is 1. The van der Waals surface area contributed by atoms with Crippen molar-refractivity contribution in [1.82, 2.24) is 14.9 Å². The summed E-state index contributed by atoms with van der Waals surface area (Å²) in [5, 5.41) is 3.70. The summed E-state index contributed by atoms with van der Waals surface area (Å²) in [5.41, 5.74) is 1.08. The molecule has 4 rings (SSSR count). The van der Waals surface area contributed by atoms with Gasteiger partial charge in [0.15, 0.2) is 4.77 Å². The number of benzene rings is 1. The van der Waals surface area contributed by atoms with Crippen molar-refractivity contribution in [3.05, 3.63) is 38.9 Å². The van der Waals surface area contributed by atoms with Crippen LogP contribution in [0.15, 0.2) is 23.0 Å². The van der Waals surface area contributed by atoms with E-state index in [0.717, 1.165) is 19.3 Å². The van der Waals surface area contributed by atoms with Crippen molar-refractivity contribution in [2.45, 2.75) is 44.8 Å². The van der Waals surface area contributed by atoms with Crippen LogP contribution in [-0.2, 0) is 11.8 Å². The largest absolute Gasteiger partial charge is 0.378 e. The number of hydrogen-bond donors (Lipinski definition) is 2. The van der Waals surface area contributed by atoms with Crippen molar-refractivity contribution in [2.75, 3.05) is 6.61 Å². The fraction of sp³-hybridized carbons (Fsp3) is 0.526. The average Bonchev–Trinajstić information content (AvgIpc) is 2.56. The molecule has 2 aromatic rings. The summed E-state index contributed by atoms with van der Waals surface area (Å²) in [6.07, 6.45) is 4.57. The minimum Gasteiger partial charge on any atom is -0.378 e. The molecule has 2 atom stereocenters. The number of fused-ring (bicyclic) bond motifs is 1. The van der Waals surface area contributed by atoms with Gasteiger partial charge < -0.3 is 15.0 Å². The summed E-state index contributed by atoms with van der Waals surface area (Å²) >= 11 is 5.16. The maximum atomic E-state index is 12.7. The first-order chi connectivity index (χ1) is 12.5. The molecular formula is C19H23N3O3S. The third-order valence-corrected chi connectivity index (χ3v) is 6.48. The zero-order valence-electron chi connectivity index (χ0n) is 15.0. The number of amides is 1. The number of H-pyrrole nitrogens is 1. The molecule has 2 aliphatic carbocycles. The standard InChI is InChI=1S/C19H23N3O3S/c1-3-25-15-10-14(19(15)7-4-8-19)21-16(23)11-5-6-12-13(9-11)20-18(26)22(2)17(12)24/h5-6,9,14-15H,3-4,7-8,10H2,1-2H3,(H,20,26)(H,21,23). The molecule has 1 aromatic heterocycles. The Labute approximate surface area is 156 Å². The van der Waals surface area contributed by atoms with Crippen LogP contribution in [0.25, 0.3) is 10.9 Å². The Morgan fingerprint density at radius 3 is 2.88 bits per heavy atom. The number of nitrogens with one attached hydrogen (secondary N) is 2. The molecule has 1 heterocycles. The van der Waals surface area contributed by atoms with Crippen LogP contribution in [-0.4, -0.2) is 34.2 Å². The number of carbonyl (C=O) groups excluding carboxylic acids is 1. The molecule has 2 fully saturated rings. The van der Waals surface area contributed by atoms with Gasteiger partial charge in [0.05, 0.1) is 17.0 Å². The van der Waals surface area contributed by atoms with Gasteiger partial charge in [-0.1, -0.05) is 6.42 Å². The van der Waals surface area contributed by atoms with E-state index in [-0.39, 0.29) is 29.0 Å². The third kappa shape index (κ3) is 2.53. The SMILES string of the molecule is CCOC1CC(NC(=O)c2ccc3c(=O)n(C)c(=S)[nH]c3c2)C12CCC2. The zero-order valence-corrected chi connectivity index (χ0v) is 15.8. The van der Waals surface area contributed by atoms with Crippen molar-refractivity contribution in [1.29, 1.82) is 0 Å². The first kappa shape index (κ1) is 17.4. The van der Waals surface area contributed by atoms with Gasteiger partial charge in [-0.05, 0) is 56.6 Å². The Bertz CT molecular complexity index is 990. The quantitative estimate of drug-likeness (QED) is 0.808. The van der Waals surface area contributed by atoms with E-state index in [1.807, 2.05) is 6.92 Å². The Morgan fingerprint density at radius 2 is 2.23 bits per heavy atom. The van der Waals surface area contributed by atoms with Gasteiger partial charge in [-0.15, -0.1) is 0 Å². The normalized spacial score (nSPS) is 23.5. The molecule has 2 saturated carbocycles. The van der Waals surface area contributed by atoms with Crippen molar-refractivity contribution in [3.8, 4) is 0 Å². The van der Waals surface area contributed by atoms with E-state index in [9.17, 15) is 9.59 Å². The first-order valence-electron chi connectivity index (χ1n) is 9.12. The summed E-state index contributed by atoms with van der Waals surface area (Å²) < 4.78 is 7.57. The molecule has 0 bridgehead atoms. The van der Waals surface area contributed by atoms with Gasteiger partial charge in [-0.3, -0.25) is 14.2 Å². The molecule has 6 nitrogen and oxygen atoms in total. The summed E-state index contributed by atoms with van der Waals surface area (Å²) in [6.45, 7) is 2.73. The molecule has 1 spiro atoms. The monoisotopic (exact) mass is 373 g/mol. The minimum absolute atomic E-state index is 0.113. The topological polar surface area (TPSA) is 76.1 Å². The lowest BCUT2D eigenvalue weighted by molar-refractivity contribution is -0.169. The summed E-state index contributed by atoms with van der Waals surface area (Å²) in [5.74, 6) is -0.113. The molecule has 2 aliphatic rings. The summed E-state index contributed by atoms with van der Waals surface area (Å²) in [7, 11) is 1.63. The number of nitrogens with zero attached hydrogens (tertiary/aromatic N) is 1. The first-order valence-corrected chi connectivity index (χ1v) is 9.52. The van der Waals surface area contributed by atoms with Gasteiger partial charge in [-0.2, -0.15) is 0 Å². The molecule has 2 N–H and O–H groups in total. The van der Waals surface area contributed by atoms with E-state index in [2.05, 4.69) is 10.3 Å². The van der Waals surface area contributed by atoms with Gasteiger partial charge in [0.1, 0.15) is 0 Å². The van der Waals surface area contributed by atoms with Gasteiger partial charge in [0.25, 0.3) is 11.5 Å². The van der Waals surface area contributed by atoms with Gasteiger partial charge in [0.2, 0.25) is 0 Å². The lowest BCUT2D eigenvalue weighted by Crippen LogP contribution is -2.67. The van der Waals surface area contributed by atoms with E-state index in [0.29, 0.717) is 27.8 Å². The predicted molar refractivity (Wildman–Crippen MR) is 102 cm³/mol. The van der Waals surface area contributed by atoms with Crippen LogP contribution in [0, 0.1) is 10.2 Å². The second kappa shape index (κ2) is 6.32. The highest BCUT2D eigenvalue weighted by Gasteiger charge is 2.59. The average molecular weight is 373 g/mol. The summed E-state index contributed by atoms with van der Waals surface area (Å²) in [6, 6.07) is 5.25. The maximum absolute atomic E-state index is 12.7. The van der Waals surface area contributed by atoms with Gasteiger partial charge in [-0.25, -0.2) is 0 Å². The van der Waals surface area contributed by atoms with Crippen LogP contribution in [0.1, 0.15) is 43.0 Å². The van der Waals surface area contributed by atoms with E-state index in [4.69, 9.17) is 17.0 Å². The molecule has 0 radical (unpaired) electrons. The van der Waals surface area contributed by atoms with Gasteiger partial charge in [0, 0.05) is 30.7 Å². The van der Waals surface area contributed by atoms with Crippen LogP contribution < -0.4 is 10.9 Å². The van der Waals surface area contributed by atoms with Crippen molar-refractivity contribution >= 4 is 29.0 Å². The lowest BCUT2D eigenvalue weighted by Gasteiger charge is -2.61. The van der Waals surface area contributed by atoms with Crippen LogP contribution >= 0.6 is 12.2 Å². The summed E-state index contributed by atoms with van der Waals surface area (Å²) in [4.78, 5) is 28.0.